The Morgan fingerprint density at radius 1 is 1.40 bits per heavy atom. The third kappa shape index (κ3) is 1.90. The Labute approximate surface area is 116 Å². The summed E-state index contributed by atoms with van der Waals surface area (Å²) in [5.74, 6) is -0.468. The first-order valence-corrected chi connectivity index (χ1v) is 6.54. The molecule has 2 N–H and O–H groups in total. The first kappa shape index (κ1) is 12.9. The Bertz CT molecular complexity index is 673. The van der Waals surface area contributed by atoms with Crippen molar-refractivity contribution in [1.29, 1.82) is 0 Å². The van der Waals surface area contributed by atoms with Gasteiger partial charge in [0.1, 0.15) is 0 Å². The zero-order chi connectivity index (χ0) is 14.3. The molecule has 7 heteroatoms. The molecule has 1 aliphatic rings. The minimum Gasteiger partial charge on any atom is -0.378 e. The number of primary amides is 1. The van der Waals surface area contributed by atoms with Crippen LogP contribution in [0.2, 0.25) is 0 Å². The molecule has 0 bridgehead atoms. The summed E-state index contributed by atoms with van der Waals surface area (Å²) in [6.45, 7) is 4.66. The zero-order valence-corrected chi connectivity index (χ0v) is 11.6. The average Bonchev–Trinajstić information content (AvgIpc) is 2.74. The van der Waals surface area contributed by atoms with Crippen molar-refractivity contribution in [2.45, 2.75) is 6.92 Å². The number of aromatic nitrogens is 3. The third-order valence-corrected chi connectivity index (χ3v) is 3.59. The van der Waals surface area contributed by atoms with Crippen molar-refractivity contribution < 1.29 is 9.53 Å². The molecule has 2 aromatic heterocycles. The standard InChI is InChI=1S/C13H17N5O2/c1-8-10-11(18-3-5-20-6-4-18)9(12(14)19)7-15-13(10)17(2)16-8/h7H,3-6H2,1-2H3,(H2,14,19). The van der Waals surface area contributed by atoms with Crippen LogP contribution in [-0.2, 0) is 11.8 Å². The molecule has 0 spiro atoms. The predicted octanol–water partition coefficient (Wildman–Crippen LogP) is 0.212. The third-order valence-electron chi connectivity index (χ3n) is 3.59. The maximum absolute atomic E-state index is 11.7. The van der Waals surface area contributed by atoms with Gasteiger partial charge in [-0.05, 0) is 6.92 Å². The summed E-state index contributed by atoms with van der Waals surface area (Å²) in [7, 11) is 1.84. The normalized spacial score (nSPS) is 15.8. The van der Waals surface area contributed by atoms with Gasteiger partial charge in [-0.2, -0.15) is 5.10 Å². The largest absolute Gasteiger partial charge is 0.378 e. The van der Waals surface area contributed by atoms with Gasteiger partial charge in [0, 0.05) is 26.3 Å². The van der Waals surface area contributed by atoms with Gasteiger partial charge in [-0.25, -0.2) is 4.98 Å². The highest BCUT2D eigenvalue weighted by Crippen LogP contribution is 2.32. The smallest absolute Gasteiger partial charge is 0.252 e. The molecule has 0 saturated carbocycles. The summed E-state index contributed by atoms with van der Waals surface area (Å²) >= 11 is 0. The molecule has 3 rings (SSSR count). The van der Waals surface area contributed by atoms with Crippen LogP contribution >= 0.6 is 0 Å². The van der Waals surface area contributed by atoms with E-state index in [2.05, 4.69) is 15.0 Å². The van der Waals surface area contributed by atoms with E-state index in [-0.39, 0.29) is 0 Å². The lowest BCUT2D eigenvalue weighted by Crippen LogP contribution is -2.37. The summed E-state index contributed by atoms with van der Waals surface area (Å²) < 4.78 is 7.10. The van der Waals surface area contributed by atoms with Crippen LogP contribution in [0.15, 0.2) is 6.20 Å². The van der Waals surface area contributed by atoms with Crippen molar-refractivity contribution in [3.05, 3.63) is 17.5 Å². The highest BCUT2D eigenvalue weighted by atomic mass is 16.5. The van der Waals surface area contributed by atoms with Gasteiger partial charge in [0.15, 0.2) is 5.65 Å². The fourth-order valence-electron chi connectivity index (χ4n) is 2.69. The Morgan fingerprint density at radius 3 is 2.75 bits per heavy atom. The molecule has 0 aliphatic carbocycles. The Balaban J connectivity index is 2.28. The second-order valence-corrected chi connectivity index (χ2v) is 4.89. The summed E-state index contributed by atoms with van der Waals surface area (Å²) in [4.78, 5) is 18.2. The maximum atomic E-state index is 11.7. The molecule has 106 valence electrons. The number of morpholine rings is 1. The van der Waals surface area contributed by atoms with E-state index < -0.39 is 5.91 Å². The minimum atomic E-state index is -0.468. The highest BCUT2D eigenvalue weighted by molar-refractivity contribution is 6.07. The molecule has 2 aromatic rings. The quantitative estimate of drug-likeness (QED) is 0.847. The lowest BCUT2D eigenvalue weighted by atomic mass is 10.1. The number of aryl methyl sites for hydroxylation is 2. The Morgan fingerprint density at radius 2 is 2.10 bits per heavy atom. The van der Waals surface area contributed by atoms with E-state index in [0.29, 0.717) is 18.8 Å². The van der Waals surface area contributed by atoms with E-state index in [9.17, 15) is 4.79 Å². The molecule has 0 unspecified atom stereocenters. The number of pyridine rings is 1. The van der Waals surface area contributed by atoms with Crippen LogP contribution in [0.5, 0.6) is 0 Å². The van der Waals surface area contributed by atoms with Gasteiger partial charge < -0.3 is 15.4 Å². The molecule has 1 amide bonds. The number of hydrogen-bond donors (Lipinski definition) is 1. The number of ether oxygens (including phenoxy) is 1. The monoisotopic (exact) mass is 275 g/mol. The molecular formula is C13H17N5O2. The van der Waals surface area contributed by atoms with Gasteiger partial charge in [0.25, 0.3) is 5.91 Å². The van der Waals surface area contributed by atoms with Crippen LogP contribution in [-0.4, -0.2) is 47.0 Å². The summed E-state index contributed by atoms with van der Waals surface area (Å²) in [5, 5.41) is 5.28. The van der Waals surface area contributed by atoms with E-state index in [1.165, 1.54) is 6.20 Å². The highest BCUT2D eigenvalue weighted by Gasteiger charge is 2.24. The molecule has 7 nitrogen and oxygen atoms in total. The second kappa shape index (κ2) is 4.75. The van der Waals surface area contributed by atoms with Gasteiger partial charge >= 0.3 is 0 Å². The first-order chi connectivity index (χ1) is 9.59. The van der Waals surface area contributed by atoms with Gasteiger partial charge in [-0.1, -0.05) is 0 Å². The fraction of sp³-hybridized carbons (Fsp3) is 0.462. The number of nitrogens with two attached hydrogens (primary N) is 1. The van der Waals surface area contributed by atoms with Crippen molar-refractivity contribution in [2.24, 2.45) is 12.8 Å². The van der Waals surface area contributed by atoms with Crippen LogP contribution in [0.4, 0.5) is 5.69 Å². The average molecular weight is 275 g/mol. The number of carbonyl (C=O) groups is 1. The van der Waals surface area contributed by atoms with Crippen LogP contribution in [0.25, 0.3) is 11.0 Å². The van der Waals surface area contributed by atoms with Crippen molar-refractivity contribution in [2.75, 3.05) is 31.2 Å². The van der Waals surface area contributed by atoms with E-state index in [4.69, 9.17) is 10.5 Å². The molecule has 1 aliphatic heterocycles. The van der Waals surface area contributed by atoms with Gasteiger partial charge in [-0.3, -0.25) is 9.48 Å². The topological polar surface area (TPSA) is 86.3 Å². The van der Waals surface area contributed by atoms with Crippen molar-refractivity contribution in [1.82, 2.24) is 14.8 Å². The molecular weight excluding hydrogens is 258 g/mol. The summed E-state index contributed by atoms with van der Waals surface area (Å²) in [5.41, 5.74) is 8.38. The Kier molecular flexibility index (Phi) is 3.06. The van der Waals surface area contributed by atoms with Crippen LogP contribution in [0.3, 0.4) is 0 Å². The first-order valence-electron chi connectivity index (χ1n) is 6.54. The van der Waals surface area contributed by atoms with Crippen LogP contribution < -0.4 is 10.6 Å². The van der Waals surface area contributed by atoms with E-state index >= 15 is 0 Å². The number of fused-ring (bicyclic) bond motifs is 1. The van der Waals surface area contributed by atoms with Crippen LogP contribution in [0, 0.1) is 6.92 Å². The maximum Gasteiger partial charge on any atom is 0.252 e. The number of rotatable bonds is 2. The number of hydrogen-bond acceptors (Lipinski definition) is 5. The lowest BCUT2D eigenvalue weighted by molar-refractivity contribution is 0.0998. The summed E-state index contributed by atoms with van der Waals surface area (Å²) in [6, 6.07) is 0. The number of carbonyl (C=O) groups excluding carboxylic acids is 1. The lowest BCUT2D eigenvalue weighted by Gasteiger charge is -2.30. The predicted molar refractivity (Wildman–Crippen MR) is 74.8 cm³/mol. The number of anilines is 1. The summed E-state index contributed by atoms with van der Waals surface area (Å²) in [6.07, 6.45) is 1.54. The zero-order valence-electron chi connectivity index (χ0n) is 11.6. The molecule has 0 aromatic carbocycles. The molecule has 0 atom stereocenters. The second-order valence-electron chi connectivity index (χ2n) is 4.89. The van der Waals surface area contributed by atoms with E-state index in [0.717, 1.165) is 35.5 Å². The van der Waals surface area contributed by atoms with Gasteiger partial charge in [0.2, 0.25) is 0 Å². The molecule has 0 radical (unpaired) electrons. The van der Waals surface area contributed by atoms with E-state index in [1.807, 2.05) is 14.0 Å². The van der Waals surface area contributed by atoms with Gasteiger partial charge in [-0.15, -0.1) is 0 Å². The van der Waals surface area contributed by atoms with E-state index in [1.54, 1.807) is 4.68 Å². The fourth-order valence-corrected chi connectivity index (χ4v) is 2.69. The number of nitrogens with zero attached hydrogens (tertiary/aromatic N) is 4. The van der Waals surface area contributed by atoms with Gasteiger partial charge in [0.05, 0.1) is 35.5 Å². The molecule has 1 saturated heterocycles. The number of amides is 1. The van der Waals surface area contributed by atoms with Crippen molar-refractivity contribution in [3.8, 4) is 0 Å². The van der Waals surface area contributed by atoms with Crippen LogP contribution in [0.1, 0.15) is 16.1 Å². The Hall–Kier alpha value is -2.15. The minimum absolute atomic E-state index is 0.440. The molecule has 20 heavy (non-hydrogen) atoms. The van der Waals surface area contributed by atoms with Crippen molar-refractivity contribution in [3.63, 3.8) is 0 Å². The molecule has 3 heterocycles. The molecule has 1 fully saturated rings. The van der Waals surface area contributed by atoms with Crippen molar-refractivity contribution >= 4 is 22.6 Å². The SMILES string of the molecule is Cc1nn(C)c2ncc(C(N)=O)c(N3CCOCC3)c12.